The lowest BCUT2D eigenvalue weighted by Crippen LogP contribution is -2.34. The standard InChI is InChI=1S/C16H17ClN2O3/c17-11-2-4-14-13(7-11)10(8-18-14)6-15(20)19-12-3-1-9(5-12)16(21)22/h2,4,7-9,12,18H,1,3,5-6H2,(H,19,20)(H,21,22)/t9-,12+/m1/s1. The molecule has 1 saturated carbocycles. The van der Waals surface area contributed by atoms with Crippen molar-refractivity contribution in [3.8, 4) is 0 Å². The van der Waals surface area contributed by atoms with Gasteiger partial charge >= 0.3 is 5.97 Å². The van der Waals surface area contributed by atoms with E-state index >= 15 is 0 Å². The highest BCUT2D eigenvalue weighted by Gasteiger charge is 2.30. The third kappa shape index (κ3) is 3.09. The molecule has 1 aromatic carbocycles. The maximum atomic E-state index is 12.2. The highest BCUT2D eigenvalue weighted by Crippen LogP contribution is 2.26. The Balaban J connectivity index is 1.64. The Morgan fingerprint density at radius 3 is 2.91 bits per heavy atom. The van der Waals surface area contributed by atoms with Gasteiger partial charge in [0.05, 0.1) is 12.3 Å². The lowest BCUT2D eigenvalue weighted by atomic mass is 10.1. The van der Waals surface area contributed by atoms with Crippen LogP contribution in [0.25, 0.3) is 10.9 Å². The van der Waals surface area contributed by atoms with E-state index in [-0.39, 0.29) is 24.3 Å². The number of halogens is 1. The third-order valence-electron chi connectivity index (χ3n) is 4.23. The number of hydrogen-bond donors (Lipinski definition) is 3. The number of aliphatic carboxylic acids is 1. The second kappa shape index (κ2) is 6.01. The quantitative estimate of drug-likeness (QED) is 0.810. The number of carboxylic acid groups (broad SMARTS) is 1. The Kier molecular flexibility index (Phi) is 4.07. The van der Waals surface area contributed by atoms with Gasteiger partial charge in [-0.15, -0.1) is 0 Å². The van der Waals surface area contributed by atoms with Crippen molar-refractivity contribution in [2.24, 2.45) is 5.92 Å². The topological polar surface area (TPSA) is 82.2 Å². The Hall–Kier alpha value is -2.01. The van der Waals surface area contributed by atoms with Crippen LogP contribution in [0.15, 0.2) is 24.4 Å². The number of H-pyrrole nitrogens is 1. The number of amides is 1. The second-order valence-corrected chi connectivity index (χ2v) is 6.23. The molecule has 0 radical (unpaired) electrons. The predicted octanol–water partition coefficient (Wildman–Crippen LogP) is 2.73. The van der Waals surface area contributed by atoms with Crippen LogP contribution in [-0.2, 0) is 16.0 Å². The van der Waals surface area contributed by atoms with Crippen molar-refractivity contribution in [3.05, 3.63) is 35.0 Å². The highest BCUT2D eigenvalue weighted by atomic mass is 35.5. The molecule has 1 aliphatic rings. The molecule has 116 valence electrons. The summed E-state index contributed by atoms with van der Waals surface area (Å²) in [6.45, 7) is 0. The second-order valence-electron chi connectivity index (χ2n) is 5.79. The Bertz CT molecular complexity index is 725. The third-order valence-corrected chi connectivity index (χ3v) is 4.46. The van der Waals surface area contributed by atoms with Gasteiger partial charge in [0.25, 0.3) is 0 Å². The number of nitrogens with one attached hydrogen (secondary N) is 2. The number of benzene rings is 1. The molecule has 0 bridgehead atoms. The van der Waals surface area contributed by atoms with E-state index in [0.29, 0.717) is 17.9 Å². The van der Waals surface area contributed by atoms with Crippen LogP contribution >= 0.6 is 11.6 Å². The molecule has 0 spiro atoms. The van der Waals surface area contributed by atoms with Gasteiger partial charge in [-0.1, -0.05) is 11.6 Å². The summed E-state index contributed by atoms with van der Waals surface area (Å²) in [7, 11) is 0. The molecule has 1 fully saturated rings. The van der Waals surface area contributed by atoms with Crippen LogP contribution in [0.5, 0.6) is 0 Å². The molecule has 5 nitrogen and oxygen atoms in total. The minimum absolute atomic E-state index is 0.0395. The van der Waals surface area contributed by atoms with Gasteiger partial charge in [-0.25, -0.2) is 0 Å². The number of carboxylic acids is 1. The molecule has 1 aliphatic carbocycles. The molecular formula is C16H17ClN2O3. The SMILES string of the molecule is O=C(Cc1c[nH]c2ccc(Cl)cc12)N[C@H]1CC[C@@H](C(=O)O)C1. The van der Waals surface area contributed by atoms with Crippen LogP contribution < -0.4 is 5.32 Å². The highest BCUT2D eigenvalue weighted by molar-refractivity contribution is 6.31. The van der Waals surface area contributed by atoms with Crippen molar-refractivity contribution in [2.45, 2.75) is 31.7 Å². The van der Waals surface area contributed by atoms with Gasteiger partial charge in [-0.2, -0.15) is 0 Å². The van der Waals surface area contributed by atoms with E-state index < -0.39 is 5.97 Å². The lowest BCUT2D eigenvalue weighted by molar-refractivity contribution is -0.141. The van der Waals surface area contributed by atoms with Crippen molar-refractivity contribution in [3.63, 3.8) is 0 Å². The summed E-state index contributed by atoms with van der Waals surface area (Å²) < 4.78 is 0. The van der Waals surface area contributed by atoms with E-state index in [1.54, 1.807) is 6.07 Å². The van der Waals surface area contributed by atoms with E-state index in [9.17, 15) is 9.59 Å². The number of fused-ring (bicyclic) bond motifs is 1. The molecule has 1 aromatic heterocycles. The summed E-state index contributed by atoms with van der Waals surface area (Å²) in [5.74, 6) is -1.20. The van der Waals surface area contributed by atoms with E-state index in [4.69, 9.17) is 16.7 Å². The molecule has 2 atom stereocenters. The van der Waals surface area contributed by atoms with Gasteiger partial charge in [0.1, 0.15) is 0 Å². The normalized spacial score (nSPS) is 21.1. The Labute approximate surface area is 132 Å². The maximum absolute atomic E-state index is 12.2. The summed E-state index contributed by atoms with van der Waals surface area (Å²) in [5, 5.41) is 13.5. The largest absolute Gasteiger partial charge is 0.481 e. The molecular weight excluding hydrogens is 304 g/mol. The van der Waals surface area contributed by atoms with Crippen LogP contribution in [0.3, 0.4) is 0 Å². The molecule has 0 aliphatic heterocycles. The number of hydrogen-bond acceptors (Lipinski definition) is 2. The van der Waals surface area contributed by atoms with Crippen molar-refractivity contribution in [2.75, 3.05) is 0 Å². The molecule has 0 unspecified atom stereocenters. The summed E-state index contributed by atoms with van der Waals surface area (Å²) in [5.41, 5.74) is 1.83. The first-order chi connectivity index (χ1) is 10.5. The number of aromatic nitrogens is 1. The lowest BCUT2D eigenvalue weighted by Gasteiger charge is -2.12. The van der Waals surface area contributed by atoms with E-state index in [1.165, 1.54) is 0 Å². The van der Waals surface area contributed by atoms with Crippen LogP contribution in [0, 0.1) is 5.92 Å². The van der Waals surface area contributed by atoms with Gasteiger partial charge in [0, 0.05) is 28.2 Å². The smallest absolute Gasteiger partial charge is 0.306 e. The summed E-state index contributed by atoms with van der Waals surface area (Å²) in [6, 6.07) is 5.48. The predicted molar refractivity (Wildman–Crippen MR) is 83.9 cm³/mol. The van der Waals surface area contributed by atoms with Crippen molar-refractivity contribution >= 4 is 34.4 Å². The monoisotopic (exact) mass is 320 g/mol. The van der Waals surface area contributed by atoms with E-state index in [1.807, 2.05) is 18.3 Å². The molecule has 3 rings (SSSR count). The number of aromatic amines is 1. The number of carbonyl (C=O) groups is 2. The van der Waals surface area contributed by atoms with E-state index in [0.717, 1.165) is 22.9 Å². The average molecular weight is 321 g/mol. The fourth-order valence-electron chi connectivity index (χ4n) is 3.09. The first-order valence-corrected chi connectivity index (χ1v) is 7.68. The van der Waals surface area contributed by atoms with Gasteiger partial charge < -0.3 is 15.4 Å². The zero-order valence-electron chi connectivity index (χ0n) is 11.9. The Morgan fingerprint density at radius 2 is 2.18 bits per heavy atom. The van der Waals surface area contributed by atoms with Crippen LogP contribution in [0.1, 0.15) is 24.8 Å². The molecule has 1 amide bonds. The molecule has 6 heteroatoms. The fraction of sp³-hybridized carbons (Fsp3) is 0.375. The van der Waals surface area contributed by atoms with Gasteiger partial charge in [-0.3, -0.25) is 9.59 Å². The zero-order valence-corrected chi connectivity index (χ0v) is 12.7. The first-order valence-electron chi connectivity index (χ1n) is 7.30. The molecule has 3 N–H and O–H groups in total. The maximum Gasteiger partial charge on any atom is 0.306 e. The average Bonchev–Trinajstić information content (AvgIpc) is 3.07. The minimum Gasteiger partial charge on any atom is -0.481 e. The number of rotatable bonds is 4. The van der Waals surface area contributed by atoms with Crippen molar-refractivity contribution in [1.82, 2.24) is 10.3 Å². The van der Waals surface area contributed by atoms with Crippen LogP contribution in [-0.4, -0.2) is 28.0 Å². The minimum atomic E-state index is -0.775. The molecule has 0 saturated heterocycles. The van der Waals surface area contributed by atoms with Crippen LogP contribution in [0.4, 0.5) is 0 Å². The molecule has 2 aromatic rings. The zero-order chi connectivity index (χ0) is 15.7. The summed E-state index contributed by atoms with van der Waals surface area (Å²) in [4.78, 5) is 26.2. The fourth-order valence-corrected chi connectivity index (χ4v) is 3.26. The Morgan fingerprint density at radius 1 is 1.36 bits per heavy atom. The number of carbonyl (C=O) groups excluding carboxylic acids is 1. The van der Waals surface area contributed by atoms with Crippen LogP contribution in [0.2, 0.25) is 5.02 Å². The van der Waals surface area contributed by atoms with Gasteiger partial charge in [-0.05, 0) is 43.0 Å². The van der Waals surface area contributed by atoms with E-state index in [2.05, 4.69) is 10.3 Å². The summed E-state index contributed by atoms with van der Waals surface area (Å²) in [6.07, 6.45) is 3.94. The first kappa shape index (κ1) is 14.9. The molecule has 1 heterocycles. The molecule has 22 heavy (non-hydrogen) atoms. The summed E-state index contributed by atoms with van der Waals surface area (Å²) >= 11 is 6.00. The van der Waals surface area contributed by atoms with Gasteiger partial charge in [0.15, 0.2) is 0 Å². The van der Waals surface area contributed by atoms with Crippen molar-refractivity contribution < 1.29 is 14.7 Å². The van der Waals surface area contributed by atoms with Gasteiger partial charge in [0.2, 0.25) is 5.91 Å². The van der Waals surface area contributed by atoms with Crippen molar-refractivity contribution in [1.29, 1.82) is 0 Å².